The Balaban J connectivity index is 1.97. The monoisotopic (exact) mass is 310 g/mol. The summed E-state index contributed by atoms with van der Waals surface area (Å²) in [6, 6.07) is 11.0. The van der Waals surface area contributed by atoms with Gasteiger partial charge in [0.25, 0.3) is 0 Å². The fraction of sp³-hybridized carbons (Fsp3) is 0.0625. The molecule has 0 saturated heterocycles. The van der Waals surface area contributed by atoms with Crippen molar-refractivity contribution in [1.29, 1.82) is 0 Å². The van der Waals surface area contributed by atoms with Crippen LogP contribution < -0.4 is 10.1 Å². The summed E-state index contributed by atoms with van der Waals surface area (Å²) in [6.45, 7) is 0. The number of carbonyl (C=O) groups is 1. The summed E-state index contributed by atoms with van der Waals surface area (Å²) in [5.41, 5.74) is 2.05. The fourth-order valence-electron chi connectivity index (χ4n) is 2.09. The molecule has 23 heavy (non-hydrogen) atoms. The van der Waals surface area contributed by atoms with Gasteiger partial charge in [-0.2, -0.15) is 0 Å². The second-order valence-corrected chi connectivity index (χ2v) is 4.71. The van der Waals surface area contributed by atoms with E-state index in [-0.39, 0.29) is 5.69 Å². The number of rotatable bonds is 5. The predicted molar refractivity (Wildman–Crippen MR) is 85.1 cm³/mol. The lowest BCUT2D eigenvalue weighted by Gasteiger charge is -2.09. The number of hydrogen-bond donors (Lipinski definition) is 3. The fourth-order valence-corrected chi connectivity index (χ4v) is 2.09. The van der Waals surface area contributed by atoms with E-state index in [1.807, 2.05) is 30.3 Å². The third-order valence-electron chi connectivity index (χ3n) is 3.19. The van der Waals surface area contributed by atoms with E-state index >= 15 is 0 Å². The van der Waals surface area contributed by atoms with Gasteiger partial charge >= 0.3 is 5.97 Å². The molecule has 7 heteroatoms. The van der Waals surface area contributed by atoms with Gasteiger partial charge in [0.2, 0.25) is 5.95 Å². The first kappa shape index (κ1) is 14.6. The standard InChI is InChI=1S/C16H14N4O3/c1-23-13-9-18-16(19-11-5-3-2-4-6-11)20-14(13)10-7-12(15(21)22)17-8-10/h2-9,17H,1H3,(H,21,22)(H,18,19,20). The maximum absolute atomic E-state index is 11.0. The Kier molecular flexibility index (Phi) is 3.92. The van der Waals surface area contributed by atoms with Gasteiger partial charge in [0.05, 0.1) is 13.3 Å². The van der Waals surface area contributed by atoms with Gasteiger partial charge in [-0.05, 0) is 18.2 Å². The first-order valence-corrected chi connectivity index (χ1v) is 6.82. The summed E-state index contributed by atoms with van der Waals surface area (Å²) in [5, 5.41) is 12.1. The summed E-state index contributed by atoms with van der Waals surface area (Å²) < 4.78 is 5.26. The first-order chi connectivity index (χ1) is 11.2. The molecule has 2 aromatic heterocycles. The number of aromatic nitrogens is 3. The van der Waals surface area contributed by atoms with Crippen molar-refractivity contribution in [2.45, 2.75) is 0 Å². The van der Waals surface area contributed by atoms with Crippen LogP contribution >= 0.6 is 0 Å². The average Bonchev–Trinajstić information content (AvgIpc) is 3.06. The second kappa shape index (κ2) is 6.18. The highest BCUT2D eigenvalue weighted by Gasteiger charge is 2.14. The van der Waals surface area contributed by atoms with Crippen molar-refractivity contribution >= 4 is 17.6 Å². The molecular weight excluding hydrogens is 296 g/mol. The average molecular weight is 310 g/mol. The van der Waals surface area contributed by atoms with Crippen LogP contribution in [0.15, 0.2) is 48.8 Å². The number of H-pyrrole nitrogens is 1. The Hall–Kier alpha value is -3.35. The molecule has 0 aliphatic heterocycles. The molecular formula is C16H14N4O3. The molecule has 7 nitrogen and oxygen atoms in total. The van der Waals surface area contributed by atoms with Gasteiger partial charge in [0, 0.05) is 17.4 Å². The number of ether oxygens (including phenoxy) is 1. The Morgan fingerprint density at radius 2 is 2.09 bits per heavy atom. The van der Waals surface area contributed by atoms with Crippen LogP contribution in [0.3, 0.4) is 0 Å². The lowest BCUT2D eigenvalue weighted by molar-refractivity contribution is 0.0691. The van der Waals surface area contributed by atoms with Crippen molar-refractivity contribution < 1.29 is 14.6 Å². The van der Waals surface area contributed by atoms with E-state index in [2.05, 4.69) is 20.3 Å². The van der Waals surface area contributed by atoms with Crippen LogP contribution in [-0.2, 0) is 0 Å². The molecule has 0 spiro atoms. The molecule has 2 heterocycles. The van der Waals surface area contributed by atoms with E-state index in [0.717, 1.165) is 5.69 Å². The number of carboxylic acid groups (broad SMARTS) is 1. The van der Waals surface area contributed by atoms with Crippen molar-refractivity contribution in [3.63, 3.8) is 0 Å². The van der Waals surface area contributed by atoms with E-state index in [4.69, 9.17) is 9.84 Å². The Bertz CT molecular complexity index is 830. The summed E-state index contributed by atoms with van der Waals surface area (Å²) in [5.74, 6) is -0.184. The van der Waals surface area contributed by atoms with E-state index < -0.39 is 5.97 Å². The number of carboxylic acids is 1. The molecule has 0 atom stereocenters. The zero-order valence-electron chi connectivity index (χ0n) is 12.3. The van der Waals surface area contributed by atoms with Crippen molar-refractivity contribution in [2.24, 2.45) is 0 Å². The van der Waals surface area contributed by atoms with Crippen LogP contribution in [0.2, 0.25) is 0 Å². The topological polar surface area (TPSA) is 100 Å². The van der Waals surface area contributed by atoms with Gasteiger partial charge in [0.1, 0.15) is 11.4 Å². The highest BCUT2D eigenvalue weighted by atomic mass is 16.5. The van der Waals surface area contributed by atoms with Crippen LogP contribution in [0.4, 0.5) is 11.6 Å². The van der Waals surface area contributed by atoms with E-state index in [1.165, 1.54) is 13.2 Å². The van der Waals surface area contributed by atoms with Crippen LogP contribution in [0, 0.1) is 0 Å². The molecule has 3 aromatic rings. The first-order valence-electron chi connectivity index (χ1n) is 6.82. The van der Waals surface area contributed by atoms with Gasteiger partial charge in [-0.1, -0.05) is 18.2 Å². The highest BCUT2D eigenvalue weighted by molar-refractivity contribution is 5.88. The zero-order valence-corrected chi connectivity index (χ0v) is 12.3. The Labute approximate surface area is 132 Å². The van der Waals surface area contributed by atoms with Crippen LogP contribution in [0.25, 0.3) is 11.3 Å². The van der Waals surface area contributed by atoms with Gasteiger partial charge < -0.3 is 20.1 Å². The molecule has 1 aromatic carbocycles. The van der Waals surface area contributed by atoms with Gasteiger partial charge in [-0.15, -0.1) is 0 Å². The Morgan fingerprint density at radius 1 is 1.30 bits per heavy atom. The van der Waals surface area contributed by atoms with Gasteiger partial charge in [-0.25, -0.2) is 14.8 Å². The number of anilines is 2. The molecule has 0 unspecified atom stereocenters. The SMILES string of the molecule is COc1cnc(Nc2ccccc2)nc1-c1c[nH]c(C(=O)O)c1. The molecule has 3 N–H and O–H groups in total. The summed E-state index contributed by atoms with van der Waals surface area (Å²) in [7, 11) is 1.51. The maximum Gasteiger partial charge on any atom is 0.352 e. The molecule has 3 rings (SSSR count). The molecule has 0 bridgehead atoms. The second-order valence-electron chi connectivity index (χ2n) is 4.71. The number of nitrogens with one attached hydrogen (secondary N) is 2. The van der Waals surface area contributed by atoms with Crippen molar-refractivity contribution in [1.82, 2.24) is 15.0 Å². The molecule has 0 radical (unpaired) electrons. The third-order valence-corrected chi connectivity index (χ3v) is 3.19. The Morgan fingerprint density at radius 3 is 2.74 bits per heavy atom. The predicted octanol–water partition coefficient (Wildman–Crippen LogP) is 2.92. The zero-order chi connectivity index (χ0) is 16.2. The minimum atomic E-state index is -1.04. The molecule has 0 aliphatic carbocycles. The van der Waals surface area contributed by atoms with Gasteiger partial charge in [-0.3, -0.25) is 0 Å². The van der Waals surface area contributed by atoms with Crippen LogP contribution in [-0.4, -0.2) is 33.1 Å². The van der Waals surface area contributed by atoms with Gasteiger partial charge in [0.15, 0.2) is 5.75 Å². The molecule has 0 saturated carbocycles. The van der Waals surface area contributed by atoms with E-state index in [9.17, 15) is 4.79 Å². The maximum atomic E-state index is 11.0. The minimum absolute atomic E-state index is 0.0817. The number of benzene rings is 1. The molecule has 0 amide bonds. The van der Waals surface area contributed by atoms with E-state index in [1.54, 1.807) is 12.4 Å². The number of aromatic amines is 1. The van der Waals surface area contributed by atoms with Crippen molar-refractivity contribution in [2.75, 3.05) is 12.4 Å². The lowest BCUT2D eigenvalue weighted by atomic mass is 10.2. The smallest absolute Gasteiger partial charge is 0.352 e. The van der Waals surface area contributed by atoms with E-state index in [0.29, 0.717) is 23.0 Å². The number of methoxy groups -OCH3 is 1. The number of hydrogen-bond acceptors (Lipinski definition) is 5. The third kappa shape index (κ3) is 3.13. The van der Waals surface area contributed by atoms with Crippen LogP contribution in [0.5, 0.6) is 5.75 Å². The molecule has 0 fully saturated rings. The highest BCUT2D eigenvalue weighted by Crippen LogP contribution is 2.29. The summed E-state index contributed by atoms with van der Waals surface area (Å²) in [6.07, 6.45) is 3.11. The van der Waals surface area contributed by atoms with Crippen LogP contribution in [0.1, 0.15) is 10.5 Å². The number of aromatic carboxylic acids is 1. The molecule has 116 valence electrons. The molecule has 0 aliphatic rings. The largest absolute Gasteiger partial charge is 0.493 e. The number of nitrogens with zero attached hydrogens (tertiary/aromatic N) is 2. The summed E-state index contributed by atoms with van der Waals surface area (Å²) >= 11 is 0. The quantitative estimate of drug-likeness (QED) is 0.670. The lowest BCUT2D eigenvalue weighted by Crippen LogP contribution is -2.00. The normalized spacial score (nSPS) is 10.3. The van der Waals surface area contributed by atoms with Crippen molar-refractivity contribution in [3.8, 4) is 17.0 Å². The van der Waals surface area contributed by atoms with Crippen molar-refractivity contribution in [3.05, 3.63) is 54.5 Å². The number of para-hydroxylation sites is 1. The summed E-state index contributed by atoms with van der Waals surface area (Å²) in [4.78, 5) is 22.3. The minimum Gasteiger partial charge on any atom is -0.493 e.